The van der Waals surface area contributed by atoms with Crippen LogP contribution in [0.2, 0.25) is 0 Å². The third-order valence-corrected chi connectivity index (χ3v) is 4.81. The molecule has 0 bridgehead atoms. The summed E-state index contributed by atoms with van der Waals surface area (Å²) in [7, 11) is 1.81. The molecule has 0 saturated heterocycles. The number of hydrogen-bond acceptors (Lipinski definition) is 3. The molecule has 0 amide bonds. The Kier molecular flexibility index (Phi) is 6.83. The molecule has 0 spiro atoms. The standard InChI is InChI=1S/C15H23ClO3S/c1-4-12(3)14-6-8-15(9-7-14)19-10-13(5-2)11-20(16,17)18/h6-9,12-13H,4-5,10-11H2,1-3H3. The van der Waals surface area contributed by atoms with Gasteiger partial charge in [-0.15, -0.1) is 0 Å². The van der Waals surface area contributed by atoms with Gasteiger partial charge in [-0.2, -0.15) is 0 Å². The monoisotopic (exact) mass is 318 g/mol. The molecule has 0 N–H and O–H groups in total. The van der Waals surface area contributed by atoms with Crippen LogP contribution in [0.25, 0.3) is 0 Å². The second-order valence-electron chi connectivity index (χ2n) is 5.17. The zero-order valence-electron chi connectivity index (χ0n) is 12.3. The van der Waals surface area contributed by atoms with Crippen LogP contribution >= 0.6 is 10.7 Å². The van der Waals surface area contributed by atoms with E-state index < -0.39 is 9.05 Å². The maximum absolute atomic E-state index is 11.1. The van der Waals surface area contributed by atoms with Gasteiger partial charge in [-0.3, -0.25) is 0 Å². The zero-order valence-corrected chi connectivity index (χ0v) is 13.9. The molecule has 0 saturated carbocycles. The number of hydrogen-bond donors (Lipinski definition) is 0. The molecular formula is C15H23ClO3S. The highest BCUT2D eigenvalue weighted by Crippen LogP contribution is 2.22. The summed E-state index contributed by atoms with van der Waals surface area (Å²) in [5.74, 6) is 1.18. The lowest BCUT2D eigenvalue weighted by Crippen LogP contribution is -2.19. The van der Waals surface area contributed by atoms with Crippen molar-refractivity contribution < 1.29 is 13.2 Å². The Hall–Kier alpha value is -0.740. The summed E-state index contributed by atoms with van der Waals surface area (Å²) >= 11 is 0. The molecule has 2 atom stereocenters. The molecule has 114 valence electrons. The number of ether oxygens (including phenoxy) is 1. The Bertz CT molecular complexity index is 496. The van der Waals surface area contributed by atoms with Gasteiger partial charge in [0.15, 0.2) is 0 Å². The summed E-state index contributed by atoms with van der Waals surface area (Å²) in [6.45, 7) is 6.65. The average molecular weight is 319 g/mol. The molecule has 0 aliphatic carbocycles. The fraction of sp³-hybridized carbons (Fsp3) is 0.600. The molecule has 1 aromatic rings. The van der Waals surface area contributed by atoms with Crippen molar-refractivity contribution in [2.24, 2.45) is 5.92 Å². The largest absolute Gasteiger partial charge is 0.493 e. The van der Waals surface area contributed by atoms with Crippen molar-refractivity contribution >= 4 is 19.7 Å². The minimum Gasteiger partial charge on any atom is -0.493 e. The van der Waals surface area contributed by atoms with Crippen LogP contribution in [-0.2, 0) is 9.05 Å². The van der Waals surface area contributed by atoms with E-state index >= 15 is 0 Å². The normalized spacial score (nSPS) is 14.8. The van der Waals surface area contributed by atoms with Gasteiger partial charge in [0.05, 0.1) is 12.4 Å². The molecule has 1 aromatic carbocycles. The van der Waals surface area contributed by atoms with Crippen molar-refractivity contribution in [3.8, 4) is 5.75 Å². The van der Waals surface area contributed by atoms with Crippen LogP contribution in [0.4, 0.5) is 0 Å². The van der Waals surface area contributed by atoms with Gasteiger partial charge in [0.25, 0.3) is 0 Å². The Balaban J connectivity index is 2.56. The van der Waals surface area contributed by atoms with Crippen molar-refractivity contribution in [2.45, 2.75) is 39.5 Å². The SMILES string of the molecule is CCC(COc1ccc(C(C)CC)cc1)CS(=O)(=O)Cl. The summed E-state index contributed by atoms with van der Waals surface area (Å²) in [4.78, 5) is 0. The van der Waals surface area contributed by atoms with Gasteiger partial charge < -0.3 is 4.74 Å². The van der Waals surface area contributed by atoms with Crippen molar-refractivity contribution in [3.05, 3.63) is 29.8 Å². The molecule has 1 rings (SSSR count). The molecule has 0 heterocycles. The molecule has 2 unspecified atom stereocenters. The quantitative estimate of drug-likeness (QED) is 0.675. The van der Waals surface area contributed by atoms with E-state index in [2.05, 4.69) is 26.0 Å². The highest BCUT2D eigenvalue weighted by molar-refractivity contribution is 8.13. The van der Waals surface area contributed by atoms with E-state index in [1.165, 1.54) is 5.56 Å². The molecule has 0 radical (unpaired) electrons. The first-order valence-electron chi connectivity index (χ1n) is 7.00. The lowest BCUT2D eigenvalue weighted by molar-refractivity contribution is 0.258. The van der Waals surface area contributed by atoms with Crippen molar-refractivity contribution in [1.29, 1.82) is 0 Å². The van der Waals surface area contributed by atoms with E-state index in [4.69, 9.17) is 15.4 Å². The number of benzene rings is 1. The maximum Gasteiger partial charge on any atom is 0.232 e. The van der Waals surface area contributed by atoms with Gasteiger partial charge in [-0.05, 0) is 36.5 Å². The van der Waals surface area contributed by atoms with Crippen LogP contribution in [0.3, 0.4) is 0 Å². The maximum atomic E-state index is 11.1. The van der Waals surface area contributed by atoms with Gasteiger partial charge in [0.1, 0.15) is 5.75 Å². The summed E-state index contributed by atoms with van der Waals surface area (Å²) in [5.41, 5.74) is 1.29. The first kappa shape index (κ1) is 17.3. The van der Waals surface area contributed by atoms with Crippen LogP contribution in [0.15, 0.2) is 24.3 Å². The fourth-order valence-corrected chi connectivity index (χ4v) is 3.34. The van der Waals surface area contributed by atoms with Crippen LogP contribution in [0.5, 0.6) is 5.75 Å². The summed E-state index contributed by atoms with van der Waals surface area (Å²) in [5, 5.41) is 0. The Morgan fingerprint density at radius 3 is 2.20 bits per heavy atom. The average Bonchev–Trinajstić information content (AvgIpc) is 2.42. The van der Waals surface area contributed by atoms with Crippen LogP contribution in [-0.4, -0.2) is 20.8 Å². The number of halogens is 1. The van der Waals surface area contributed by atoms with E-state index in [1.54, 1.807) is 0 Å². The first-order chi connectivity index (χ1) is 9.35. The topological polar surface area (TPSA) is 43.4 Å². The lowest BCUT2D eigenvalue weighted by Gasteiger charge is -2.15. The summed E-state index contributed by atoms with van der Waals surface area (Å²) in [6.07, 6.45) is 1.82. The Labute approximate surface area is 126 Å². The molecule has 0 aromatic heterocycles. The minimum absolute atomic E-state index is 0.0456. The predicted octanol–water partition coefficient (Wildman–Crippen LogP) is 4.17. The lowest BCUT2D eigenvalue weighted by atomic mass is 9.99. The van der Waals surface area contributed by atoms with Gasteiger partial charge in [0.2, 0.25) is 9.05 Å². The Morgan fingerprint density at radius 1 is 1.15 bits per heavy atom. The van der Waals surface area contributed by atoms with E-state index in [0.717, 1.165) is 18.6 Å². The second-order valence-corrected chi connectivity index (χ2v) is 7.99. The van der Waals surface area contributed by atoms with E-state index in [0.29, 0.717) is 12.5 Å². The van der Waals surface area contributed by atoms with E-state index in [1.807, 2.05) is 19.1 Å². The molecule has 20 heavy (non-hydrogen) atoms. The molecule has 0 fully saturated rings. The van der Waals surface area contributed by atoms with Crippen molar-refractivity contribution in [1.82, 2.24) is 0 Å². The van der Waals surface area contributed by atoms with E-state index in [9.17, 15) is 8.42 Å². The fourth-order valence-electron chi connectivity index (χ4n) is 1.91. The molecular weight excluding hydrogens is 296 g/mol. The Morgan fingerprint density at radius 2 is 1.75 bits per heavy atom. The molecule has 5 heteroatoms. The van der Waals surface area contributed by atoms with Gasteiger partial charge in [-0.25, -0.2) is 8.42 Å². The van der Waals surface area contributed by atoms with Crippen LogP contribution in [0, 0.1) is 5.92 Å². The van der Waals surface area contributed by atoms with Gasteiger partial charge >= 0.3 is 0 Å². The minimum atomic E-state index is -3.47. The van der Waals surface area contributed by atoms with Gasteiger partial charge in [-0.1, -0.05) is 32.9 Å². The number of rotatable bonds is 8. The van der Waals surface area contributed by atoms with Gasteiger partial charge in [0, 0.05) is 16.6 Å². The zero-order chi connectivity index (χ0) is 15.2. The van der Waals surface area contributed by atoms with Crippen LogP contribution < -0.4 is 4.74 Å². The summed E-state index contributed by atoms with van der Waals surface area (Å²) in [6, 6.07) is 7.98. The third-order valence-electron chi connectivity index (χ3n) is 3.56. The van der Waals surface area contributed by atoms with Crippen LogP contribution in [0.1, 0.15) is 45.1 Å². The highest BCUT2D eigenvalue weighted by Gasteiger charge is 2.16. The second kappa shape index (κ2) is 7.89. The predicted molar refractivity (Wildman–Crippen MR) is 84.1 cm³/mol. The summed E-state index contributed by atoms with van der Waals surface area (Å²) < 4.78 is 27.8. The first-order valence-corrected chi connectivity index (χ1v) is 9.48. The van der Waals surface area contributed by atoms with Crippen molar-refractivity contribution in [3.63, 3.8) is 0 Å². The molecule has 0 aliphatic heterocycles. The molecule has 3 nitrogen and oxygen atoms in total. The van der Waals surface area contributed by atoms with E-state index in [-0.39, 0.29) is 11.7 Å². The van der Waals surface area contributed by atoms with Crippen molar-refractivity contribution in [2.75, 3.05) is 12.4 Å². The molecule has 0 aliphatic rings. The third kappa shape index (κ3) is 6.14. The smallest absolute Gasteiger partial charge is 0.232 e. The highest BCUT2D eigenvalue weighted by atomic mass is 35.7.